The van der Waals surface area contributed by atoms with Crippen LogP contribution in [0.3, 0.4) is 0 Å². The van der Waals surface area contributed by atoms with Crippen LogP contribution in [-0.2, 0) is 6.54 Å². The molecule has 1 N–H and O–H groups in total. The summed E-state index contributed by atoms with van der Waals surface area (Å²) in [5, 5.41) is 17.1. The van der Waals surface area contributed by atoms with Gasteiger partial charge in [-0.2, -0.15) is 5.26 Å². The van der Waals surface area contributed by atoms with E-state index in [-0.39, 0.29) is 16.9 Å². The van der Waals surface area contributed by atoms with Gasteiger partial charge in [-0.15, -0.1) is 5.10 Å². The van der Waals surface area contributed by atoms with Gasteiger partial charge in [0, 0.05) is 11.8 Å². The van der Waals surface area contributed by atoms with Crippen LogP contribution < -0.4 is 5.69 Å². The lowest BCUT2D eigenvalue weighted by molar-refractivity contribution is 0.306. The molecule has 1 saturated carbocycles. The number of nitriles is 1. The highest BCUT2D eigenvalue weighted by atomic mass is 32.2. The zero-order valence-electron chi connectivity index (χ0n) is 12.8. The molecule has 1 aromatic rings. The second-order valence-corrected chi connectivity index (χ2v) is 7.03. The van der Waals surface area contributed by atoms with E-state index in [4.69, 9.17) is 0 Å². The van der Waals surface area contributed by atoms with Crippen LogP contribution >= 0.6 is 11.8 Å². The van der Waals surface area contributed by atoms with Crippen LogP contribution in [0.25, 0.3) is 0 Å². The first kappa shape index (κ1) is 16.2. The number of hydrogen-bond donors (Lipinski definition) is 1. The molecule has 0 aromatic carbocycles. The van der Waals surface area contributed by atoms with Crippen LogP contribution in [0.2, 0.25) is 0 Å². The van der Waals surface area contributed by atoms with Gasteiger partial charge in [-0.1, -0.05) is 38.5 Å². The Morgan fingerprint density at radius 1 is 1.43 bits per heavy atom. The van der Waals surface area contributed by atoms with E-state index in [1.165, 1.54) is 12.8 Å². The fraction of sp³-hybridized carbons (Fsp3) is 0.800. The molecule has 1 aromatic heterocycles. The van der Waals surface area contributed by atoms with Gasteiger partial charge < -0.3 is 0 Å². The van der Waals surface area contributed by atoms with Gasteiger partial charge in [0.25, 0.3) is 0 Å². The molecule has 1 aliphatic carbocycles. The molecule has 1 fully saturated rings. The Hall–Kier alpha value is -1.22. The molecule has 0 saturated heterocycles. The average molecular weight is 308 g/mol. The maximum Gasteiger partial charge on any atom is 0.343 e. The van der Waals surface area contributed by atoms with Crippen molar-refractivity contribution in [1.29, 1.82) is 5.26 Å². The molecule has 3 atom stereocenters. The van der Waals surface area contributed by atoms with Crippen molar-refractivity contribution in [3.05, 3.63) is 10.5 Å². The van der Waals surface area contributed by atoms with E-state index >= 15 is 0 Å². The van der Waals surface area contributed by atoms with Crippen molar-refractivity contribution in [2.45, 2.75) is 69.3 Å². The van der Waals surface area contributed by atoms with Crippen LogP contribution in [0.5, 0.6) is 0 Å². The molecule has 0 bridgehead atoms. The van der Waals surface area contributed by atoms with E-state index in [0.29, 0.717) is 12.5 Å². The number of nitrogens with one attached hydrogen (secondary N) is 1. The summed E-state index contributed by atoms with van der Waals surface area (Å²) in [5.41, 5.74) is -0.145. The van der Waals surface area contributed by atoms with Gasteiger partial charge in [0.1, 0.15) is 0 Å². The molecule has 2 rings (SSSR count). The van der Waals surface area contributed by atoms with Gasteiger partial charge in [-0.25, -0.2) is 9.89 Å². The Morgan fingerprint density at radius 2 is 2.24 bits per heavy atom. The monoisotopic (exact) mass is 308 g/mol. The lowest BCUT2D eigenvalue weighted by Crippen LogP contribution is -2.27. The van der Waals surface area contributed by atoms with Gasteiger partial charge in [-0.05, 0) is 31.6 Å². The lowest BCUT2D eigenvalue weighted by atomic mass is 9.80. The Kier molecular flexibility index (Phi) is 5.92. The summed E-state index contributed by atoms with van der Waals surface area (Å²) in [6.45, 7) is 4.94. The zero-order valence-corrected chi connectivity index (χ0v) is 13.7. The summed E-state index contributed by atoms with van der Waals surface area (Å²) >= 11 is 1.61. The van der Waals surface area contributed by atoms with E-state index < -0.39 is 0 Å². The minimum Gasteiger partial charge on any atom is -0.270 e. The Bertz CT molecular complexity index is 545. The molecule has 6 heteroatoms. The fourth-order valence-electron chi connectivity index (χ4n) is 3.11. The summed E-state index contributed by atoms with van der Waals surface area (Å²) in [5.74, 6) is 0.785. The molecule has 0 spiro atoms. The quantitative estimate of drug-likeness (QED) is 0.876. The molecule has 0 aliphatic heterocycles. The summed E-state index contributed by atoms with van der Waals surface area (Å²) in [4.78, 5) is 11.8. The zero-order chi connectivity index (χ0) is 15.2. The minimum atomic E-state index is -0.145. The van der Waals surface area contributed by atoms with Crippen LogP contribution in [-0.4, -0.2) is 20.0 Å². The third-order valence-electron chi connectivity index (χ3n) is 4.19. The average Bonchev–Trinajstić information content (AvgIpc) is 2.81. The summed E-state index contributed by atoms with van der Waals surface area (Å²) in [7, 11) is 0. The van der Waals surface area contributed by atoms with Crippen molar-refractivity contribution < 1.29 is 0 Å². The van der Waals surface area contributed by atoms with Gasteiger partial charge in [-0.3, -0.25) is 4.57 Å². The highest BCUT2D eigenvalue weighted by molar-refractivity contribution is 7.99. The third-order valence-corrected chi connectivity index (χ3v) is 5.54. The van der Waals surface area contributed by atoms with Gasteiger partial charge in [0.15, 0.2) is 5.16 Å². The summed E-state index contributed by atoms with van der Waals surface area (Å²) < 4.78 is 1.70. The van der Waals surface area contributed by atoms with E-state index in [9.17, 15) is 10.1 Å². The predicted octanol–water partition coefficient (Wildman–Crippen LogP) is 3.18. The third kappa shape index (κ3) is 3.91. The predicted molar refractivity (Wildman–Crippen MR) is 84.1 cm³/mol. The van der Waals surface area contributed by atoms with Crippen LogP contribution in [0, 0.1) is 23.2 Å². The Morgan fingerprint density at radius 3 is 2.90 bits per heavy atom. The van der Waals surface area contributed by atoms with Crippen molar-refractivity contribution >= 4 is 11.8 Å². The minimum absolute atomic E-state index is 0.0741. The molecule has 1 aliphatic rings. The number of aromatic amines is 1. The summed E-state index contributed by atoms with van der Waals surface area (Å²) in [6.07, 6.45) is 6.52. The maximum absolute atomic E-state index is 11.8. The first-order valence-electron chi connectivity index (χ1n) is 7.91. The fourth-order valence-corrected chi connectivity index (χ4v) is 4.51. The smallest absolute Gasteiger partial charge is 0.270 e. The lowest BCUT2D eigenvalue weighted by Gasteiger charge is -2.31. The van der Waals surface area contributed by atoms with E-state index in [0.717, 1.165) is 30.8 Å². The van der Waals surface area contributed by atoms with Crippen molar-refractivity contribution in [1.82, 2.24) is 14.8 Å². The summed E-state index contributed by atoms with van der Waals surface area (Å²) in [6, 6.07) is 2.45. The van der Waals surface area contributed by atoms with E-state index in [1.807, 2.05) is 6.92 Å². The number of nitrogens with zero attached hydrogens (tertiary/aromatic N) is 3. The Labute approximate surface area is 130 Å². The molecule has 0 radical (unpaired) electrons. The number of H-pyrrole nitrogens is 1. The van der Waals surface area contributed by atoms with Crippen molar-refractivity contribution in [2.75, 3.05) is 0 Å². The van der Waals surface area contributed by atoms with E-state index in [1.54, 1.807) is 16.3 Å². The molecular formula is C15H24N4OS. The van der Waals surface area contributed by atoms with Crippen LogP contribution in [0.4, 0.5) is 0 Å². The van der Waals surface area contributed by atoms with E-state index in [2.05, 4.69) is 23.2 Å². The highest BCUT2D eigenvalue weighted by Gasteiger charge is 2.32. The molecule has 116 valence electrons. The number of aromatic nitrogens is 3. The van der Waals surface area contributed by atoms with Crippen molar-refractivity contribution in [3.8, 4) is 6.07 Å². The second kappa shape index (κ2) is 7.69. The molecule has 3 unspecified atom stereocenters. The van der Waals surface area contributed by atoms with Crippen LogP contribution in [0.15, 0.2) is 9.95 Å². The SMILES string of the molecule is CCCC1CCC(C#N)C(Sc2n[nH]c(=O)n2CCC)C1. The Balaban J connectivity index is 2.11. The number of thioether (sulfide) groups is 1. The molecular weight excluding hydrogens is 284 g/mol. The van der Waals surface area contributed by atoms with Gasteiger partial charge in [0.05, 0.1) is 12.0 Å². The second-order valence-electron chi connectivity index (χ2n) is 5.82. The molecule has 1 heterocycles. The maximum atomic E-state index is 11.8. The normalized spacial score (nSPS) is 25.7. The first-order chi connectivity index (χ1) is 10.2. The molecule has 0 amide bonds. The first-order valence-corrected chi connectivity index (χ1v) is 8.79. The number of rotatable bonds is 6. The van der Waals surface area contributed by atoms with Crippen molar-refractivity contribution in [3.63, 3.8) is 0 Å². The van der Waals surface area contributed by atoms with Gasteiger partial charge in [0.2, 0.25) is 0 Å². The molecule has 5 nitrogen and oxygen atoms in total. The number of hydrogen-bond acceptors (Lipinski definition) is 4. The topological polar surface area (TPSA) is 74.5 Å². The molecule has 21 heavy (non-hydrogen) atoms. The van der Waals surface area contributed by atoms with Crippen LogP contribution in [0.1, 0.15) is 52.4 Å². The largest absolute Gasteiger partial charge is 0.343 e. The van der Waals surface area contributed by atoms with Gasteiger partial charge >= 0.3 is 5.69 Å². The van der Waals surface area contributed by atoms with Crippen molar-refractivity contribution in [2.24, 2.45) is 11.8 Å². The highest BCUT2D eigenvalue weighted by Crippen LogP contribution is 2.40. The standard InChI is InChI=1S/C15H24N4OS/c1-3-5-11-6-7-12(10-16)13(9-11)21-15-18-17-14(20)19(15)8-4-2/h11-13H,3-9H2,1-2H3,(H,17,20).